The van der Waals surface area contributed by atoms with Gasteiger partial charge in [-0.2, -0.15) is 0 Å². The van der Waals surface area contributed by atoms with Crippen molar-refractivity contribution in [3.63, 3.8) is 0 Å². The van der Waals surface area contributed by atoms with Crippen LogP contribution in [0.15, 0.2) is 24.3 Å². The van der Waals surface area contributed by atoms with Crippen LogP contribution < -0.4 is 11.5 Å². The van der Waals surface area contributed by atoms with Crippen LogP contribution in [0.3, 0.4) is 0 Å². The van der Waals surface area contributed by atoms with Gasteiger partial charge >= 0.3 is 0 Å². The van der Waals surface area contributed by atoms with E-state index in [9.17, 15) is 8.42 Å². The molecule has 1 aliphatic carbocycles. The van der Waals surface area contributed by atoms with E-state index in [4.69, 9.17) is 11.5 Å². The number of aryl methyl sites for hydroxylation is 1. The molecule has 1 aliphatic rings. The van der Waals surface area contributed by atoms with Crippen LogP contribution in [-0.2, 0) is 16.3 Å². The summed E-state index contributed by atoms with van der Waals surface area (Å²) in [6.07, 6.45) is 0.965. The van der Waals surface area contributed by atoms with E-state index >= 15 is 0 Å². The molecule has 0 heterocycles. The van der Waals surface area contributed by atoms with Crippen LogP contribution in [-0.4, -0.2) is 31.5 Å². The van der Waals surface area contributed by atoms with Gasteiger partial charge in [-0.1, -0.05) is 38.1 Å². The summed E-state index contributed by atoms with van der Waals surface area (Å²) in [5.41, 5.74) is 13.3. The zero-order valence-electron chi connectivity index (χ0n) is 11.5. The van der Waals surface area contributed by atoms with Crippen molar-refractivity contribution in [2.24, 2.45) is 11.5 Å². The van der Waals surface area contributed by atoms with Gasteiger partial charge in [0.25, 0.3) is 0 Å². The summed E-state index contributed by atoms with van der Waals surface area (Å²) in [5.74, 6) is -0.0615. The smallest absolute Gasteiger partial charge is 0.155 e. The molecule has 1 saturated carbocycles. The molecule has 4 nitrogen and oxygen atoms in total. The predicted octanol–water partition coefficient (Wildman–Crippen LogP) is 0.806. The Labute approximate surface area is 115 Å². The highest BCUT2D eigenvalue weighted by Crippen LogP contribution is 2.53. The van der Waals surface area contributed by atoms with Crippen molar-refractivity contribution < 1.29 is 8.42 Å². The third-order valence-corrected chi connectivity index (χ3v) is 6.48. The lowest BCUT2D eigenvalue weighted by Gasteiger charge is -2.08. The highest BCUT2D eigenvalue weighted by molar-refractivity contribution is 7.92. The molecule has 1 fully saturated rings. The van der Waals surface area contributed by atoms with Crippen LogP contribution in [0.1, 0.15) is 30.9 Å². The number of nitrogens with two attached hydrogens (primary N) is 2. The Balaban J connectivity index is 2.34. The molecular formula is C14H22N2O2S. The quantitative estimate of drug-likeness (QED) is 0.836. The first kappa shape index (κ1) is 14.5. The summed E-state index contributed by atoms with van der Waals surface area (Å²) in [6.45, 7) is 3.93. The second-order valence-electron chi connectivity index (χ2n) is 5.26. The van der Waals surface area contributed by atoms with Crippen LogP contribution >= 0.6 is 0 Å². The lowest BCUT2D eigenvalue weighted by atomic mass is 10.0. The molecule has 0 amide bonds. The molecule has 106 valence electrons. The van der Waals surface area contributed by atoms with Crippen molar-refractivity contribution in [3.05, 3.63) is 35.4 Å². The molecule has 0 saturated heterocycles. The highest BCUT2D eigenvalue weighted by Gasteiger charge is 2.67. The summed E-state index contributed by atoms with van der Waals surface area (Å²) >= 11 is 0. The van der Waals surface area contributed by atoms with Gasteiger partial charge in [-0.25, -0.2) is 8.42 Å². The van der Waals surface area contributed by atoms with Crippen LogP contribution in [0.5, 0.6) is 0 Å². The molecule has 4 N–H and O–H groups in total. The molecule has 1 aromatic carbocycles. The Morgan fingerprint density at radius 1 is 1.21 bits per heavy atom. The lowest BCUT2D eigenvalue weighted by Crippen LogP contribution is -2.39. The first-order chi connectivity index (χ1) is 8.90. The summed E-state index contributed by atoms with van der Waals surface area (Å²) in [6, 6.07) is 8.01. The highest BCUT2D eigenvalue weighted by atomic mass is 32.2. The van der Waals surface area contributed by atoms with Crippen molar-refractivity contribution in [3.8, 4) is 0 Å². The molecular weight excluding hydrogens is 260 g/mol. The number of benzene rings is 1. The third kappa shape index (κ3) is 2.30. The molecule has 2 rings (SSSR count). The van der Waals surface area contributed by atoms with Crippen molar-refractivity contribution >= 4 is 9.84 Å². The second-order valence-corrected chi connectivity index (χ2v) is 7.67. The Bertz CT molecular complexity index is 553. The number of hydrogen-bond acceptors (Lipinski definition) is 4. The average Bonchev–Trinajstić information content (AvgIpc) is 3.07. The van der Waals surface area contributed by atoms with Gasteiger partial charge in [0.1, 0.15) is 0 Å². The van der Waals surface area contributed by atoms with E-state index in [1.54, 1.807) is 6.92 Å². The molecule has 19 heavy (non-hydrogen) atoms. The van der Waals surface area contributed by atoms with Gasteiger partial charge in [0, 0.05) is 18.2 Å². The topological polar surface area (TPSA) is 86.2 Å². The van der Waals surface area contributed by atoms with Gasteiger partial charge in [-0.05, 0) is 17.5 Å². The molecule has 0 aromatic heterocycles. The standard InChI is InChI=1S/C14H22N2O2S/c1-3-10-5-7-11(8-6-10)12-13(14(12,16)9-15)19(17,18)4-2/h5-8,12-13H,3-4,9,15-16H2,1-2H3/t12-,13-,14+/m0/s1. The minimum atomic E-state index is -3.16. The van der Waals surface area contributed by atoms with Gasteiger partial charge in [0.05, 0.1) is 10.8 Å². The lowest BCUT2D eigenvalue weighted by molar-refractivity contribution is 0.587. The van der Waals surface area contributed by atoms with Crippen molar-refractivity contribution in [2.45, 2.75) is 37.0 Å². The Hall–Kier alpha value is -0.910. The van der Waals surface area contributed by atoms with Crippen molar-refractivity contribution in [1.29, 1.82) is 0 Å². The largest absolute Gasteiger partial charge is 0.329 e. The van der Waals surface area contributed by atoms with Crippen LogP contribution in [0.4, 0.5) is 0 Å². The van der Waals surface area contributed by atoms with E-state index in [0.717, 1.165) is 12.0 Å². The number of rotatable bonds is 5. The summed E-state index contributed by atoms with van der Waals surface area (Å²) in [7, 11) is -3.16. The minimum absolute atomic E-state index is 0.111. The number of hydrogen-bond donors (Lipinski definition) is 2. The Morgan fingerprint density at radius 3 is 2.21 bits per heavy atom. The maximum Gasteiger partial charge on any atom is 0.155 e. The van der Waals surface area contributed by atoms with E-state index in [2.05, 4.69) is 6.92 Å². The van der Waals surface area contributed by atoms with Gasteiger partial charge in [0.15, 0.2) is 9.84 Å². The fraction of sp³-hybridized carbons (Fsp3) is 0.571. The molecule has 1 aromatic rings. The van der Waals surface area contributed by atoms with Gasteiger partial charge in [-0.15, -0.1) is 0 Å². The third-order valence-electron chi connectivity index (χ3n) is 4.19. The van der Waals surface area contributed by atoms with Crippen LogP contribution in [0.2, 0.25) is 0 Å². The maximum absolute atomic E-state index is 12.1. The molecule has 0 aliphatic heterocycles. The molecule has 0 bridgehead atoms. The maximum atomic E-state index is 12.1. The number of sulfone groups is 1. The fourth-order valence-corrected chi connectivity index (χ4v) is 4.85. The molecule has 0 radical (unpaired) electrons. The average molecular weight is 282 g/mol. The van der Waals surface area contributed by atoms with Crippen LogP contribution in [0, 0.1) is 0 Å². The summed E-state index contributed by atoms with van der Waals surface area (Å²) in [5, 5.41) is -0.539. The second kappa shape index (κ2) is 4.89. The molecule has 3 atom stereocenters. The minimum Gasteiger partial charge on any atom is -0.329 e. The fourth-order valence-electron chi connectivity index (χ4n) is 2.83. The first-order valence-electron chi connectivity index (χ1n) is 6.70. The van der Waals surface area contributed by atoms with Gasteiger partial charge in [-0.3, -0.25) is 0 Å². The zero-order chi connectivity index (χ0) is 14.3. The van der Waals surface area contributed by atoms with Gasteiger partial charge in [0.2, 0.25) is 0 Å². The van der Waals surface area contributed by atoms with E-state index in [1.807, 2.05) is 24.3 Å². The molecule has 5 heteroatoms. The Morgan fingerprint density at radius 2 is 1.79 bits per heavy atom. The van der Waals surface area contributed by atoms with E-state index in [0.29, 0.717) is 0 Å². The summed E-state index contributed by atoms with van der Waals surface area (Å²) in [4.78, 5) is 0. The Kier molecular flexibility index (Phi) is 3.73. The molecule has 0 spiro atoms. The van der Waals surface area contributed by atoms with Crippen LogP contribution in [0.25, 0.3) is 0 Å². The predicted molar refractivity (Wildman–Crippen MR) is 77.8 cm³/mol. The first-order valence-corrected chi connectivity index (χ1v) is 8.41. The van der Waals surface area contributed by atoms with E-state index in [-0.39, 0.29) is 18.2 Å². The van der Waals surface area contributed by atoms with Crippen molar-refractivity contribution in [2.75, 3.05) is 12.3 Å². The SMILES string of the molecule is CCc1ccc([C@H]2[C@H](S(=O)(=O)CC)[C@@]2(N)CN)cc1. The normalized spacial score (nSPS) is 30.3. The zero-order valence-corrected chi connectivity index (χ0v) is 12.3. The summed E-state index contributed by atoms with van der Waals surface area (Å²) < 4.78 is 24.2. The van der Waals surface area contributed by atoms with E-state index in [1.165, 1.54) is 5.56 Å². The van der Waals surface area contributed by atoms with Crippen molar-refractivity contribution in [1.82, 2.24) is 0 Å². The molecule has 0 unspecified atom stereocenters. The van der Waals surface area contributed by atoms with E-state index < -0.39 is 20.6 Å². The monoisotopic (exact) mass is 282 g/mol. The van der Waals surface area contributed by atoms with Gasteiger partial charge < -0.3 is 11.5 Å².